The van der Waals surface area contributed by atoms with Crippen LogP contribution in [0.5, 0.6) is 0 Å². The Morgan fingerprint density at radius 3 is 2.50 bits per heavy atom. The Morgan fingerprint density at radius 2 is 1.80 bits per heavy atom. The molecule has 6 nitrogen and oxygen atoms in total. The molecule has 2 aromatic rings. The van der Waals surface area contributed by atoms with Gasteiger partial charge in [-0.15, -0.1) is 11.8 Å². The lowest BCUT2D eigenvalue weighted by molar-refractivity contribution is -0.123. The standard InChI is InChI=1S/C23H30N4O2S/c24-14-22(28)27-19-13-21(26-15-19)23(29)25-12-11-18(17-7-3-1-4-8-17)16-30-20-9-5-2-6-10-20/h1-10,18-19,21,26H,11-16,24H2,(H,25,29)(H,27,28)/t18?,19-,21+/m1/s1. The first kappa shape index (κ1) is 22.3. The molecule has 2 amide bonds. The van der Waals surface area contributed by atoms with Crippen LogP contribution >= 0.6 is 11.8 Å². The SMILES string of the molecule is NCC(=O)N[C@H]1CN[C@H](C(=O)NCCC(CSc2ccccc2)c2ccccc2)C1. The van der Waals surface area contributed by atoms with E-state index in [4.69, 9.17) is 5.73 Å². The van der Waals surface area contributed by atoms with Crippen molar-refractivity contribution in [2.75, 3.05) is 25.4 Å². The molecule has 30 heavy (non-hydrogen) atoms. The first-order valence-electron chi connectivity index (χ1n) is 10.4. The van der Waals surface area contributed by atoms with Crippen LogP contribution in [0.3, 0.4) is 0 Å². The monoisotopic (exact) mass is 426 g/mol. The van der Waals surface area contributed by atoms with Crippen LogP contribution in [0.15, 0.2) is 65.6 Å². The fraction of sp³-hybridized carbons (Fsp3) is 0.391. The first-order chi connectivity index (χ1) is 14.7. The molecule has 0 spiro atoms. The van der Waals surface area contributed by atoms with Gasteiger partial charge in [0.2, 0.25) is 11.8 Å². The van der Waals surface area contributed by atoms with E-state index >= 15 is 0 Å². The zero-order valence-corrected chi connectivity index (χ0v) is 17.9. The quantitative estimate of drug-likeness (QED) is 0.435. The largest absolute Gasteiger partial charge is 0.355 e. The van der Waals surface area contributed by atoms with Crippen molar-refractivity contribution in [2.45, 2.75) is 35.7 Å². The molecular formula is C23H30N4O2S. The maximum Gasteiger partial charge on any atom is 0.237 e. The molecule has 1 aliphatic heterocycles. The zero-order chi connectivity index (χ0) is 21.2. The summed E-state index contributed by atoms with van der Waals surface area (Å²) in [4.78, 5) is 25.2. The summed E-state index contributed by atoms with van der Waals surface area (Å²) in [5.74, 6) is 1.11. The lowest BCUT2D eigenvalue weighted by Crippen LogP contribution is -2.41. The van der Waals surface area contributed by atoms with Crippen molar-refractivity contribution in [3.63, 3.8) is 0 Å². The van der Waals surface area contributed by atoms with Crippen molar-refractivity contribution in [3.05, 3.63) is 66.2 Å². The van der Waals surface area contributed by atoms with E-state index in [2.05, 4.69) is 64.5 Å². The molecule has 1 saturated heterocycles. The number of benzene rings is 2. The third kappa shape index (κ3) is 6.86. The van der Waals surface area contributed by atoms with Crippen LogP contribution in [0.1, 0.15) is 24.3 Å². The van der Waals surface area contributed by atoms with E-state index in [9.17, 15) is 9.59 Å². The van der Waals surface area contributed by atoms with Gasteiger partial charge in [0.15, 0.2) is 0 Å². The van der Waals surface area contributed by atoms with Crippen LogP contribution in [-0.4, -0.2) is 49.3 Å². The summed E-state index contributed by atoms with van der Waals surface area (Å²) >= 11 is 1.84. The third-order valence-corrected chi connectivity index (χ3v) is 6.43. The minimum atomic E-state index is -0.276. The summed E-state index contributed by atoms with van der Waals surface area (Å²) < 4.78 is 0. The molecule has 3 rings (SSSR count). The van der Waals surface area contributed by atoms with Crippen LogP contribution in [0.4, 0.5) is 0 Å². The van der Waals surface area contributed by atoms with E-state index in [1.165, 1.54) is 10.5 Å². The maximum atomic E-state index is 12.5. The number of rotatable bonds is 10. The number of hydrogen-bond acceptors (Lipinski definition) is 5. The van der Waals surface area contributed by atoms with E-state index < -0.39 is 0 Å². The van der Waals surface area contributed by atoms with Crippen LogP contribution in [-0.2, 0) is 9.59 Å². The zero-order valence-electron chi connectivity index (χ0n) is 17.1. The second-order valence-electron chi connectivity index (χ2n) is 7.48. The highest BCUT2D eigenvalue weighted by atomic mass is 32.2. The second-order valence-corrected chi connectivity index (χ2v) is 8.57. The molecule has 1 unspecified atom stereocenters. The lowest BCUT2D eigenvalue weighted by atomic mass is 9.97. The van der Waals surface area contributed by atoms with Gasteiger partial charge in [-0.1, -0.05) is 48.5 Å². The molecule has 3 atom stereocenters. The highest BCUT2D eigenvalue weighted by Gasteiger charge is 2.30. The van der Waals surface area contributed by atoms with E-state index in [0.29, 0.717) is 25.4 Å². The van der Waals surface area contributed by atoms with Crippen molar-refractivity contribution in [2.24, 2.45) is 5.73 Å². The smallest absolute Gasteiger partial charge is 0.237 e. The molecule has 1 aliphatic rings. The topological polar surface area (TPSA) is 96.2 Å². The fourth-order valence-corrected chi connectivity index (χ4v) is 4.71. The summed E-state index contributed by atoms with van der Waals surface area (Å²) in [5.41, 5.74) is 6.63. The normalized spacial score (nSPS) is 19.2. The summed E-state index contributed by atoms with van der Waals surface area (Å²) in [6, 6.07) is 20.5. The van der Waals surface area contributed by atoms with E-state index in [1.54, 1.807) is 0 Å². The first-order valence-corrected chi connectivity index (χ1v) is 11.4. The molecule has 2 aromatic carbocycles. The van der Waals surface area contributed by atoms with Crippen molar-refractivity contribution in [1.29, 1.82) is 0 Å². The van der Waals surface area contributed by atoms with Gasteiger partial charge in [0.25, 0.3) is 0 Å². The number of amides is 2. The number of hydrogen-bond donors (Lipinski definition) is 4. The Balaban J connectivity index is 1.48. The van der Waals surface area contributed by atoms with E-state index in [-0.39, 0.29) is 30.4 Å². The average molecular weight is 427 g/mol. The summed E-state index contributed by atoms with van der Waals surface area (Å²) in [6.07, 6.45) is 1.46. The molecule has 5 N–H and O–H groups in total. The molecule has 1 fully saturated rings. The van der Waals surface area contributed by atoms with Gasteiger partial charge in [-0.2, -0.15) is 0 Å². The highest BCUT2D eigenvalue weighted by molar-refractivity contribution is 7.99. The van der Waals surface area contributed by atoms with Gasteiger partial charge in [-0.3, -0.25) is 9.59 Å². The Kier molecular flexibility index (Phi) is 8.74. The van der Waals surface area contributed by atoms with Gasteiger partial charge in [-0.25, -0.2) is 0 Å². The van der Waals surface area contributed by atoms with E-state index in [0.717, 1.165) is 12.2 Å². The molecule has 0 radical (unpaired) electrons. The van der Waals surface area contributed by atoms with E-state index in [1.807, 2.05) is 23.9 Å². The summed E-state index contributed by atoms with van der Waals surface area (Å²) in [5, 5.41) is 9.08. The maximum absolute atomic E-state index is 12.5. The van der Waals surface area contributed by atoms with Crippen molar-refractivity contribution in [1.82, 2.24) is 16.0 Å². The highest BCUT2D eigenvalue weighted by Crippen LogP contribution is 2.28. The van der Waals surface area contributed by atoms with Crippen molar-refractivity contribution in [3.8, 4) is 0 Å². The summed E-state index contributed by atoms with van der Waals surface area (Å²) in [6.45, 7) is 1.17. The van der Waals surface area contributed by atoms with Crippen LogP contribution < -0.4 is 21.7 Å². The minimum Gasteiger partial charge on any atom is -0.355 e. The second kappa shape index (κ2) is 11.7. The Labute approximate surface area is 182 Å². The molecular weight excluding hydrogens is 396 g/mol. The third-order valence-electron chi connectivity index (χ3n) is 5.26. The molecule has 0 aromatic heterocycles. The van der Waals surface area contributed by atoms with Gasteiger partial charge < -0.3 is 21.7 Å². The van der Waals surface area contributed by atoms with Crippen molar-refractivity contribution < 1.29 is 9.59 Å². The molecule has 0 aliphatic carbocycles. The Hall–Kier alpha value is -2.35. The number of carbonyl (C=O) groups excluding carboxylic acids is 2. The van der Waals surface area contributed by atoms with Crippen molar-refractivity contribution >= 4 is 23.6 Å². The molecule has 1 heterocycles. The number of nitrogens with two attached hydrogens (primary N) is 1. The Bertz CT molecular complexity index is 803. The number of thioether (sulfide) groups is 1. The minimum absolute atomic E-state index is 0.0120. The molecule has 160 valence electrons. The summed E-state index contributed by atoms with van der Waals surface area (Å²) in [7, 11) is 0. The van der Waals surface area contributed by atoms with Gasteiger partial charge in [0, 0.05) is 29.8 Å². The van der Waals surface area contributed by atoms with Crippen LogP contribution in [0, 0.1) is 0 Å². The molecule has 0 bridgehead atoms. The molecule has 7 heteroatoms. The number of carbonyl (C=O) groups is 2. The predicted molar refractivity (Wildman–Crippen MR) is 121 cm³/mol. The van der Waals surface area contributed by atoms with Crippen LogP contribution in [0.2, 0.25) is 0 Å². The van der Waals surface area contributed by atoms with Crippen LogP contribution in [0.25, 0.3) is 0 Å². The van der Waals surface area contributed by atoms with Gasteiger partial charge in [0.1, 0.15) is 0 Å². The average Bonchev–Trinajstić information content (AvgIpc) is 3.25. The predicted octanol–water partition coefficient (Wildman–Crippen LogP) is 1.87. The molecule has 0 saturated carbocycles. The number of nitrogens with one attached hydrogen (secondary N) is 3. The lowest BCUT2D eigenvalue weighted by Gasteiger charge is -2.18. The van der Waals surface area contributed by atoms with Gasteiger partial charge in [-0.05, 0) is 36.5 Å². The fourth-order valence-electron chi connectivity index (χ4n) is 3.61. The van der Waals surface area contributed by atoms with Gasteiger partial charge >= 0.3 is 0 Å². The van der Waals surface area contributed by atoms with Gasteiger partial charge in [0.05, 0.1) is 12.6 Å². The Morgan fingerprint density at radius 1 is 1.10 bits per heavy atom.